The van der Waals surface area contributed by atoms with Crippen molar-refractivity contribution in [2.45, 2.75) is 19.9 Å². The summed E-state index contributed by atoms with van der Waals surface area (Å²) in [4.78, 5) is 0. The van der Waals surface area contributed by atoms with Crippen LogP contribution >= 0.6 is 47.8 Å². The van der Waals surface area contributed by atoms with Gasteiger partial charge in [0.05, 0.1) is 6.04 Å². The predicted octanol–water partition coefficient (Wildman–Crippen LogP) is 5.64. The van der Waals surface area contributed by atoms with E-state index in [0.29, 0.717) is 0 Å². The highest BCUT2D eigenvalue weighted by molar-refractivity contribution is 9.11. The summed E-state index contributed by atoms with van der Waals surface area (Å²) in [5.41, 5.74) is 11.0. The minimum atomic E-state index is -0.150. The second-order valence-corrected chi connectivity index (χ2v) is 7.29. The van der Waals surface area contributed by atoms with Crippen LogP contribution < -0.4 is 5.73 Å². The molecule has 0 bridgehead atoms. The summed E-state index contributed by atoms with van der Waals surface area (Å²) in [6.45, 7) is 4.13. The molecule has 0 aromatic heterocycles. The monoisotopic (exact) mass is 445 g/mol. The van der Waals surface area contributed by atoms with Crippen LogP contribution in [0, 0.1) is 13.8 Å². The van der Waals surface area contributed by atoms with Gasteiger partial charge in [-0.05, 0) is 60.4 Å². The smallest absolute Gasteiger partial charge is 0.0563 e. The number of hydrogen-bond acceptors (Lipinski definition) is 1. The molecule has 0 saturated heterocycles. The van der Waals surface area contributed by atoms with Crippen LogP contribution in [0.25, 0.3) is 0 Å². The fourth-order valence-corrected chi connectivity index (χ4v) is 3.71. The van der Waals surface area contributed by atoms with Gasteiger partial charge in [0.25, 0.3) is 0 Å². The van der Waals surface area contributed by atoms with Gasteiger partial charge in [0.1, 0.15) is 0 Å². The lowest BCUT2D eigenvalue weighted by Crippen LogP contribution is -2.13. The Balaban J connectivity index is 2.49. The first-order valence-corrected chi connectivity index (χ1v) is 8.24. The summed E-state index contributed by atoms with van der Waals surface area (Å²) >= 11 is 10.7. The van der Waals surface area contributed by atoms with E-state index in [1.165, 1.54) is 11.1 Å². The molecule has 1 nitrogen and oxygen atoms in total. The molecular formula is C15H14Br3N. The molecule has 0 aliphatic rings. The largest absolute Gasteiger partial charge is 0.320 e. The first kappa shape index (κ1) is 15.2. The van der Waals surface area contributed by atoms with Gasteiger partial charge in [0.15, 0.2) is 0 Å². The number of halogens is 3. The topological polar surface area (TPSA) is 26.0 Å². The van der Waals surface area contributed by atoms with Crippen molar-refractivity contribution in [3.63, 3.8) is 0 Å². The van der Waals surface area contributed by atoms with Crippen LogP contribution in [0.5, 0.6) is 0 Å². The Morgan fingerprint density at radius 1 is 0.895 bits per heavy atom. The van der Waals surface area contributed by atoms with Crippen molar-refractivity contribution in [3.05, 3.63) is 66.0 Å². The highest BCUT2D eigenvalue weighted by atomic mass is 79.9. The Bertz CT molecular complexity index is 603. The standard InChI is InChI=1S/C15H14Br3N/c1-8-3-10(6-11(16)4-8)15(19)12-7-13(17)9(2)5-14(12)18/h3-7,15H,19H2,1-2H3. The number of rotatable bonds is 2. The minimum Gasteiger partial charge on any atom is -0.320 e. The van der Waals surface area contributed by atoms with Gasteiger partial charge in [-0.3, -0.25) is 0 Å². The van der Waals surface area contributed by atoms with Crippen LogP contribution in [-0.2, 0) is 0 Å². The molecule has 2 rings (SSSR count). The molecule has 1 unspecified atom stereocenters. The average Bonchev–Trinajstić information content (AvgIpc) is 2.31. The zero-order valence-electron chi connectivity index (χ0n) is 10.7. The first-order valence-electron chi connectivity index (χ1n) is 5.86. The van der Waals surface area contributed by atoms with Crippen molar-refractivity contribution in [1.29, 1.82) is 0 Å². The Kier molecular flexibility index (Phi) is 4.88. The second-order valence-electron chi connectivity index (χ2n) is 4.66. The molecule has 0 radical (unpaired) electrons. The zero-order chi connectivity index (χ0) is 14.2. The number of aryl methyl sites for hydroxylation is 2. The molecule has 0 aliphatic heterocycles. The van der Waals surface area contributed by atoms with Crippen LogP contribution in [0.15, 0.2) is 43.7 Å². The molecule has 0 spiro atoms. The van der Waals surface area contributed by atoms with Crippen LogP contribution in [-0.4, -0.2) is 0 Å². The molecule has 4 heteroatoms. The maximum absolute atomic E-state index is 6.40. The second kappa shape index (κ2) is 6.08. The summed E-state index contributed by atoms with van der Waals surface area (Å²) < 4.78 is 3.17. The Labute approximate surface area is 139 Å². The van der Waals surface area contributed by atoms with Crippen LogP contribution in [0.4, 0.5) is 0 Å². The normalized spacial score (nSPS) is 12.5. The summed E-state index contributed by atoms with van der Waals surface area (Å²) in [7, 11) is 0. The van der Waals surface area contributed by atoms with Gasteiger partial charge in [0, 0.05) is 13.4 Å². The summed E-state index contributed by atoms with van der Waals surface area (Å²) in [6.07, 6.45) is 0. The van der Waals surface area contributed by atoms with Crippen LogP contribution in [0.2, 0.25) is 0 Å². The summed E-state index contributed by atoms with van der Waals surface area (Å²) in [5.74, 6) is 0. The maximum atomic E-state index is 6.40. The van der Waals surface area contributed by atoms with E-state index in [1.807, 2.05) is 0 Å². The lowest BCUT2D eigenvalue weighted by atomic mass is 9.97. The molecule has 0 amide bonds. The minimum absolute atomic E-state index is 0.150. The Morgan fingerprint density at radius 2 is 1.58 bits per heavy atom. The molecule has 0 aliphatic carbocycles. The SMILES string of the molecule is Cc1cc(Br)cc(C(N)c2cc(Br)c(C)cc2Br)c1. The lowest BCUT2D eigenvalue weighted by molar-refractivity contribution is 0.861. The molecule has 100 valence electrons. The first-order chi connectivity index (χ1) is 8.88. The van der Waals surface area contributed by atoms with Gasteiger partial charge in [0.2, 0.25) is 0 Å². The maximum Gasteiger partial charge on any atom is 0.0563 e. The van der Waals surface area contributed by atoms with Gasteiger partial charge in [-0.2, -0.15) is 0 Å². The molecule has 19 heavy (non-hydrogen) atoms. The molecule has 0 saturated carbocycles. The molecule has 1 atom stereocenters. The molecule has 2 aromatic rings. The van der Waals surface area contributed by atoms with Crippen molar-refractivity contribution in [2.75, 3.05) is 0 Å². The number of nitrogens with two attached hydrogens (primary N) is 1. The van der Waals surface area contributed by atoms with Crippen molar-refractivity contribution >= 4 is 47.8 Å². The third kappa shape index (κ3) is 3.48. The fraction of sp³-hybridized carbons (Fsp3) is 0.200. The van der Waals surface area contributed by atoms with Gasteiger partial charge in [-0.25, -0.2) is 0 Å². The van der Waals surface area contributed by atoms with Crippen molar-refractivity contribution in [3.8, 4) is 0 Å². The van der Waals surface area contributed by atoms with E-state index in [4.69, 9.17) is 5.73 Å². The third-order valence-corrected chi connectivity index (χ3v) is 5.04. The molecule has 0 heterocycles. The third-order valence-electron chi connectivity index (χ3n) is 3.04. The quantitative estimate of drug-likeness (QED) is 0.633. The summed E-state index contributed by atoms with van der Waals surface area (Å²) in [6, 6.07) is 10.3. The number of hydrogen-bond donors (Lipinski definition) is 1. The van der Waals surface area contributed by atoms with E-state index in [-0.39, 0.29) is 6.04 Å². The fourth-order valence-electron chi connectivity index (χ4n) is 2.02. The molecule has 0 fully saturated rings. The van der Waals surface area contributed by atoms with Gasteiger partial charge >= 0.3 is 0 Å². The van der Waals surface area contributed by atoms with Crippen LogP contribution in [0.1, 0.15) is 28.3 Å². The van der Waals surface area contributed by atoms with Gasteiger partial charge < -0.3 is 5.73 Å². The summed E-state index contributed by atoms with van der Waals surface area (Å²) in [5, 5.41) is 0. The van der Waals surface area contributed by atoms with E-state index in [0.717, 1.165) is 24.5 Å². The van der Waals surface area contributed by atoms with Gasteiger partial charge in [-0.15, -0.1) is 0 Å². The van der Waals surface area contributed by atoms with E-state index >= 15 is 0 Å². The van der Waals surface area contributed by atoms with E-state index < -0.39 is 0 Å². The van der Waals surface area contributed by atoms with E-state index in [1.54, 1.807) is 0 Å². The van der Waals surface area contributed by atoms with Crippen molar-refractivity contribution in [2.24, 2.45) is 5.73 Å². The molecule has 2 aromatic carbocycles. The zero-order valence-corrected chi connectivity index (χ0v) is 15.4. The Morgan fingerprint density at radius 3 is 2.21 bits per heavy atom. The van der Waals surface area contributed by atoms with Crippen LogP contribution in [0.3, 0.4) is 0 Å². The van der Waals surface area contributed by atoms with Crippen molar-refractivity contribution in [1.82, 2.24) is 0 Å². The van der Waals surface area contributed by atoms with Gasteiger partial charge in [-0.1, -0.05) is 53.9 Å². The van der Waals surface area contributed by atoms with E-state index in [2.05, 4.69) is 92.0 Å². The van der Waals surface area contributed by atoms with E-state index in [9.17, 15) is 0 Å². The lowest BCUT2D eigenvalue weighted by Gasteiger charge is -2.17. The number of benzene rings is 2. The average molecular weight is 448 g/mol. The highest BCUT2D eigenvalue weighted by Crippen LogP contribution is 2.32. The predicted molar refractivity (Wildman–Crippen MR) is 91.5 cm³/mol. The van der Waals surface area contributed by atoms with Crippen molar-refractivity contribution < 1.29 is 0 Å². The highest BCUT2D eigenvalue weighted by Gasteiger charge is 2.14. The molecule has 2 N–H and O–H groups in total. The Hall–Kier alpha value is -0.160. The molecular weight excluding hydrogens is 434 g/mol.